The third-order valence-corrected chi connectivity index (χ3v) is 3.64. The van der Waals surface area contributed by atoms with Crippen molar-refractivity contribution < 1.29 is 23.8 Å². The number of rotatable bonds is 3. The minimum atomic E-state index is -1.34. The smallest absolute Gasteiger partial charge is 0.341 e. The largest absolute Gasteiger partial charge is 0.487 e. The average molecular weight is 307 g/mol. The van der Waals surface area contributed by atoms with Gasteiger partial charge in [-0.3, -0.25) is 4.79 Å². The number of benzene rings is 1. The summed E-state index contributed by atoms with van der Waals surface area (Å²) in [7, 11) is 0. The molecule has 7 heteroatoms. The predicted octanol–water partition coefficient (Wildman–Crippen LogP) is 2.19. The van der Waals surface area contributed by atoms with Crippen molar-refractivity contribution >= 4 is 16.9 Å². The average Bonchev–Trinajstić information content (AvgIpc) is 2.47. The number of aromatic nitrogens is 1. The molecule has 0 saturated heterocycles. The van der Waals surface area contributed by atoms with Gasteiger partial charge in [-0.2, -0.15) is 0 Å². The fraction of sp³-hybridized carbons (Fsp3) is 0.333. The SMILES string of the molecule is CCOc1c(F)cc2c(=O)c(C(=O)O)cn3c2c1OC[C@@H]3C. The first-order valence-electron chi connectivity index (χ1n) is 6.86. The lowest BCUT2D eigenvalue weighted by molar-refractivity contribution is 0.0694. The summed E-state index contributed by atoms with van der Waals surface area (Å²) in [4.78, 5) is 23.5. The zero-order chi connectivity index (χ0) is 16.0. The second kappa shape index (κ2) is 5.01. The van der Waals surface area contributed by atoms with Gasteiger partial charge in [0.2, 0.25) is 5.43 Å². The van der Waals surface area contributed by atoms with E-state index in [2.05, 4.69) is 0 Å². The first-order valence-corrected chi connectivity index (χ1v) is 6.86. The van der Waals surface area contributed by atoms with Crippen molar-refractivity contribution in [1.29, 1.82) is 0 Å². The summed E-state index contributed by atoms with van der Waals surface area (Å²) in [6, 6.07) is 0.824. The van der Waals surface area contributed by atoms with Crippen molar-refractivity contribution in [2.45, 2.75) is 19.9 Å². The molecule has 2 heterocycles. The number of hydrogen-bond donors (Lipinski definition) is 1. The minimum Gasteiger partial charge on any atom is -0.487 e. The number of carbonyl (C=O) groups is 1. The highest BCUT2D eigenvalue weighted by atomic mass is 19.1. The Kier molecular flexibility index (Phi) is 3.27. The first-order chi connectivity index (χ1) is 10.5. The van der Waals surface area contributed by atoms with E-state index in [0.29, 0.717) is 5.52 Å². The second-order valence-corrected chi connectivity index (χ2v) is 5.09. The van der Waals surface area contributed by atoms with Crippen LogP contribution in [0.2, 0.25) is 0 Å². The Morgan fingerprint density at radius 3 is 2.95 bits per heavy atom. The lowest BCUT2D eigenvalue weighted by Crippen LogP contribution is -2.27. The Labute approximate surface area is 124 Å². The number of carboxylic acids is 1. The summed E-state index contributed by atoms with van der Waals surface area (Å²) in [5.74, 6) is -2.00. The van der Waals surface area contributed by atoms with E-state index in [9.17, 15) is 14.0 Å². The molecule has 0 amide bonds. The molecule has 0 bridgehead atoms. The maximum absolute atomic E-state index is 14.2. The monoisotopic (exact) mass is 307 g/mol. The quantitative estimate of drug-likeness (QED) is 0.940. The van der Waals surface area contributed by atoms with E-state index in [1.807, 2.05) is 6.92 Å². The van der Waals surface area contributed by atoms with Gasteiger partial charge in [-0.05, 0) is 19.9 Å². The fourth-order valence-electron chi connectivity index (χ4n) is 2.63. The highest BCUT2D eigenvalue weighted by Crippen LogP contribution is 2.41. The van der Waals surface area contributed by atoms with Crippen molar-refractivity contribution in [2.75, 3.05) is 13.2 Å². The van der Waals surface area contributed by atoms with Gasteiger partial charge in [0, 0.05) is 6.20 Å². The van der Waals surface area contributed by atoms with Crippen molar-refractivity contribution in [3.05, 3.63) is 33.9 Å². The van der Waals surface area contributed by atoms with Gasteiger partial charge in [-0.25, -0.2) is 9.18 Å². The van der Waals surface area contributed by atoms with Gasteiger partial charge in [0.15, 0.2) is 17.3 Å². The van der Waals surface area contributed by atoms with Crippen molar-refractivity contribution in [1.82, 2.24) is 4.57 Å². The van der Waals surface area contributed by atoms with Crippen molar-refractivity contribution in [2.24, 2.45) is 0 Å². The molecule has 3 rings (SSSR count). The Morgan fingerprint density at radius 1 is 1.59 bits per heavy atom. The number of nitrogens with zero attached hydrogens (tertiary/aromatic N) is 1. The Morgan fingerprint density at radius 2 is 2.32 bits per heavy atom. The van der Waals surface area contributed by atoms with E-state index in [1.165, 1.54) is 6.20 Å². The summed E-state index contributed by atoms with van der Waals surface area (Å²) in [5, 5.41) is 9.14. The number of hydrogen-bond acceptors (Lipinski definition) is 4. The number of pyridine rings is 1. The number of ether oxygens (including phenoxy) is 2. The zero-order valence-corrected chi connectivity index (χ0v) is 12.1. The maximum atomic E-state index is 14.2. The van der Waals surface area contributed by atoms with Gasteiger partial charge in [-0.15, -0.1) is 0 Å². The van der Waals surface area contributed by atoms with Crippen LogP contribution in [0.1, 0.15) is 30.2 Å². The molecule has 0 unspecified atom stereocenters. The standard InChI is InChI=1S/C15H14FNO5/c1-3-21-13-10(16)4-8-11-14(13)22-6-7(2)17(11)5-9(12(8)18)15(19)20/h4-5,7H,3,6H2,1-2H3,(H,19,20)/t7-/m0/s1. The van der Waals surface area contributed by atoms with Crippen molar-refractivity contribution in [3.8, 4) is 11.5 Å². The molecule has 116 valence electrons. The Hall–Kier alpha value is -2.57. The molecule has 0 radical (unpaired) electrons. The molecule has 0 spiro atoms. The molecule has 1 aliphatic rings. The number of carboxylic acid groups (broad SMARTS) is 1. The van der Waals surface area contributed by atoms with Crippen LogP contribution in [0.15, 0.2) is 17.1 Å². The van der Waals surface area contributed by atoms with E-state index in [0.717, 1.165) is 6.07 Å². The molecule has 0 fully saturated rings. The lowest BCUT2D eigenvalue weighted by atomic mass is 10.1. The molecule has 1 aromatic carbocycles. The van der Waals surface area contributed by atoms with E-state index < -0.39 is 22.8 Å². The van der Waals surface area contributed by atoms with Crippen LogP contribution in [-0.2, 0) is 0 Å². The van der Waals surface area contributed by atoms with E-state index >= 15 is 0 Å². The van der Waals surface area contributed by atoms with Gasteiger partial charge in [0.1, 0.15) is 12.2 Å². The first kappa shape index (κ1) is 14.4. The van der Waals surface area contributed by atoms with Crippen LogP contribution >= 0.6 is 0 Å². The molecule has 1 aliphatic heterocycles. The van der Waals surface area contributed by atoms with E-state index in [4.69, 9.17) is 14.6 Å². The minimum absolute atomic E-state index is 0.0256. The third-order valence-electron chi connectivity index (χ3n) is 3.64. The highest BCUT2D eigenvalue weighted by Gasteiger charge is 2.28. The summed E-state index contributed by atoms with van der Waals surface area (Å²) in [6.45, 7) is 4.00. The topological polar surface area (TPSA) is 77.8 Å². The molecular formula is C15H14FNO5. The lowest BCUT2D eigenvalue weighted by Gasteiger charge is -2.28. The van der Waals surface area contributed by atoms with Crippen molar-refractivity contribution in [3.63, 3.8) is 0 Å². The molecular weight excluding hydrogens is 293 g/mol. The van der Waals surface area contributed by atoms with Gasteiger partial charge in [0.05, 0.1) is 23.6 Å². The van der Waals surface area contributed by atoms with Gasteiger partial charge < -0.3 is 19.1 Å². The third kappa shape index (κ3) is 1.93. The van der Waals surface area contributed by atoms with Gasteiger partial charge in [-0.1, -0.05) is 0 Å². The van der Waals surface area contributed by atoms with Crippen LogP contribution in [0.5, 0.6) is 11.5 Å². The molecule has 0 saturated carbocycles. The molecule has 0 aliphatic carbocycles. The highest BCUT2D eigenvalue weighted by molar-refractivity contribution is 5.95. The molecule has 1 N–H and O–H groups in total. The summed E-state index contributed by atoms with van der Waals surface area (Å²) in [6.07, 6.45) is 1.28. The Balaban J connectivity index is 2.48. The molecule has 22 heavy (non-hydrogen) atoms. The molecule has 1 atom stereocenters. The summed E-state index contributed by atoms with van der Waals surface area (Å²) < 4.78 is 26.7. The normalized spacial score (nSPS) is 16.4. The fourth-order valence-corrected chi connectivity index (χ4v) is 2.63. The summed E-state index contributed by atoms with van der Waals surface area (Å²) in [5.41, 5.74) is -0.769. The predicted molar refractivity (Wildman–Crippen MR) is 76.5 cm³/mol. The van der Waals surface area contributed by atoms with Crippen LogP contribution in [0, 0.1) is 5.82 Å². The van der Waals surface area contributed by atoms with Gasteiger partial charge in [0.25, 0.3) is 0 Å². The van der Waals surface area contributed by atoms with Crippen LogP contribution in [0.3, 0.4) is 0 Å². The second-order valence-electron chi connectivity index (χ2n) is 5.09. The maximum Gasteiger partial charge on any atom is 0.341 e. The van der Waals surface area contributed by atoms with E-state index in [-0.39, 0.29) is 36.1 Å². The molecule has 6 nitrogen and oxygen atoms in total. The van der Waals surface area contributed by atoms with Crippen LogP contribution in [-0.4, -0.2) is 28.9 Å². The van der Waals surface area contributed by atoms with Gasteiger partial charge >= 0.3 is 5.97 Å². The summed E-state index contributed by atoms with van der Waals surface area (Å²) >= 11 is 0. The molecule has 1 aromatic heterocycles. The van der Waals surface area contributed by atoms with Crippen LogP contribution in [0.4, 0.5) is 4.39 Å². The Bertz CT molecular complexity index is 842. The van der Waals surface area contributed by atoms with E-state index in [1.54, 1.807) is 11.5 Å². The van der Waals surface area contributed by atoms with Crippen LogP contribution in [0.25, 0.3) is 10.9 Å². The number of aromatic carboxylic acids is 1. The molecule has 2 aromatic rings. The van der Waals surface area contributed by atoms with Crippen LogP contribution < -0.4 is 14.9 Å². The number of halogens is 1. The zero-order valence-electron chi connectivity index (χ0n) is 12.1.